The summed E-state index contributed by atoms with van der Waals surface area (Å²) in [5, 5.41) is 13.0. The third-order valence-electron chi connectivity index (χ3n) is 5.54. The van der Waals surface area contributed by atoms with Crippen molar-refractivity contribution in [3.8, 4) is 10.4 Å². The van der Waals surface area contributed by atoms with Crippen molar-refractivity contribution in [2.45, 2.75) is 58.4 Å². The first-order valence-electron chi connectivity index (χ1n) is 10.6. The fourth-order valence-corrected chi connectivity index (χ4v) is 4.69. The van der Waals surface area contributed by atoms with E-state index in [9.17, 15) is 14.7 Å². The van der Waals surface area contributed by atoms with Gasteiger partial charge in [0.1, 0.15) is 12.1 Å². The highest BCUT2D eigenvalue weighted by Gasteiger charge is 2.41. The third-order valence-corrected chi connectivity index (χ3v) is 6.52. The van der Waals surface area contributed by atoms with Crippen LogP contribution >= 0.6 is 11.3 Å². The first kappa shape index (κ1) is 23.4. The van der Waals surface area contributed by atoms with E-state index in [0.717, 1.165) is 21.7 Å². The molecular weight excluding hydrogens is 414 g/mol. The molecule has 0 radical (unpaired) electrons. The first-order valence-corrected chi connectivity index (χ1v) is 11.5. The number of aliphatic hydroxyl groups excluding tert-OH is 1. The lowest BCUT2D eigenvalue weighted by atomic mass is 10.0. The van der Waals surface area contributed by atoms with Crippen molar-refractivity contribution in [2.24, 2.45) is 5.92 Å². The molecule has 0 saturated carbocycles. The summed E-state index contributed by atoms with van der Waals surface area (Å²) in [5.74, 6) is -0.214. The lowest BCUT2D eigenvalue weighted by molar-refractivity contribution is -0.147. The molecular formula is C23H31N3O4S. The standard InChI is InChI=1S/C23H31N3O4S/c1-14(2)9-20(30-4)23(29)26-12-18(27)10-19(26)22(28)24-11-16-5-7-17(8-6-16)21-15(3)25-13-31-21/h5-8,13-14,18-20,27H,9-12H2,1-4H3,(H,24,28)/t18-,19+,20?/m1/s1. The van der Waals surface area contributed by atoms with E-state index in [-0.39, 0.29) is 30.7 Å². The molecule has 7 nitrogen and oxygen atoms in total. The Balaban J connectivity index is 1.62. The molecule has 3 atom stereocenters. The van der Waals surface area contributed by atoms with Gasteiger partial charge in [0.25, 0.3) is 5.91 Å². The number of aliphatic hydroxyl groups is 1. The van der Waals surface area contributed by atoms with Crippen LogP contribution < -0.4 is 5.32 Å². The zero-order valence-corrected chi connectivity index (χ0v) is 19.3. The Hall–Kier alpha value is -2.29. The number of nitrogens with zero attached hydrogens (tertiary/aromatic N) is 2. The molecule has 1 aliphatic heterocycles. The zero-order chi connectivity index (χ0) is 22.5. The van der Waals surface area contributed by atoms with Gasteiger partial charge in [-0.15, -0.1) is 11.3 Å². The van der Waals surface area contributed by atoms with Crippen LogP contribution in [-0.4, -0.2) is 58.7 Å². The zero-order valence-electron chi connectivity index (χ0n) is 18.5. The number of hydrogen-bond acceptors (Lipinski definition) is 6. The van der Waals surface area contributed by atoms with Gasteiger partial charge in [-0.25, -0.2) is 4.98 Å². The lowest BCUT2D eigenvalue weighted by Crippen LogP contribution is -2.49. The smallest absolute Gasteiger partial charge is 0.252 e. The van der Waals surface area contributed by atoms with E-state index < -0.39 is 18.2 Å². The Kier molecular flexibility index (Phi) is 7.80. The number of β-amino-alcohol motifs (C(OH)–C–C–N with tert-alkyl or cyclic N) is 1. The second kappa shape index (κ2) is 10.3. The Labute approximate surface area is 187 Å². The van der Waals surface area contributed by atoms with E-state index in [4.69, 9.17) is 4.74 Å². The van der Waals surface area contributed by atoms with E-state index in [1.165, 1.54) is 12.0 Å². The van der Waals surface area contributed by atoms with Crippen LogP contribution in [0.2, 0.25) is 0 Å². The van der Waals surface area contributed by atoms with Gasteiger partial charge in [0, 0.05) is 26.6 Å². The highest BCUT2D eigenvalue weighted by Crippen LogP contribution is 2.27. The molecule has 0 aliphatic carbocycles. The molecule has 1 saturated heterocycles. The maximum Gasteiger partial charge on any atom is 0.252 e. The summed E-state index contributed by atoms with van der Waals surface area (Å²) in [6, 6.07) is 7.31. The van der Waals surface area contributed by atoms with Crippen LogP contribution in [0, 0.1) is 12.8 Å². The molecule has 1 aromatic carbocycles. The number of methoxy groups -OCH3 is 1. The molecule has 2 amide bonds. The van der Waals surface area contributed by atoms with Crippen molar-refractivity contribution >= 4 is 23.2 Å². The lowest BCUT2D eigenvalue weighted by Gasteiger charge is -2.28. The molecule has 1 aromatic heterocycles. The van der Waals surface area contributed by atoms with Gasteiger partial charge < -0.3 is 20.1 Å². The molecule has 31 heavy (non-hydrogen) atoms. The van der Waals surface area contributed by atoms with Gasteiger partial charge in [-0.3, -0.25) is 9.59 Å². The van der Waals surface area contributed by atoms with Crippen molar-refractivity contribution in [3.63, 3.8) is 0 Å². The summed E-state index contributed by atoms with van der Waals surface area (Å²) in [4.78, 5) is 32.7. The largest absolute Gasteiger partial charge is 0.391 e. The van der Waals surface area contributed by atoms with E-state index in [2.05, 4.69) is 10.3 Å². The molecule has 1 fully saturated rings. The number of aryl methyl sites for hydroxylation is 1. The van der Waals surface area contributed by atoms with Crippen LogP contribution in [0.5, 0.6) is 0 Å². The second-order valence-electron chi connectivity index (χ2n) is 8.43. The molecule has 3 rings (SSSR count). The van der Waals surface area contributed by atoms with E-state index >= 15 is 0 Å². The average Bonchev–Trinajstić information content (AvgIpc) is 3.35. The van der Waals surface area contributed by atoms with Crippen LogP contribution in [-0.2, 0) is 20.9 Å². The second-order valence-corrected chi connectivity index (χ2v) is 9.29. The van der Waals surface area contributed by atoms with Crippen molar-refractivity contribution in [1.82, 2.24) is 15.2 Å². The minimum Gasteiger partial charge on any atom is -0.391 e. The maximum absolute atomic E-state index is 12.9. The van der Waals surface area contributed by atoms with E-state index in [1.54, 1.807) is 11.3 Å². The number of benzene rings is 1. The molecule has 168 valence electrons. The van der Waals surface area contributed by atoms with E-state index in [1.807, 2.05) is 50.5 Å². The number of rotatable bonds is 8. The van der Waals surface area contributed by atoms with Crippen molar-refractivity contribution < 1.29 is 19.4 Å². The Morgan fingerprint density at radius 3 is 2.61 bits per heavy atom. The van der Waals surface area contributed by atoms with Crippen LogP contribution in [0.15, 0.2) is 29.8 Å². The molecule has 1 aliphatic rings. The summed E-state index contributed by atoms with van der Waals surface area (Å²) in [6.07, 6.45) is -0.511. The number of carbonyl (C=O) groups is 2. The Morgan fingerprint density at radius 1 is 1.32 bits per heavy atom. The van der Waals surface area contributed by atoms with Crippen molar-refractivity contribution in [1.29, 1.82) is 0 Å². The summed E-state index contributed by atoms with van der Waals surface area (Å²) < 4.78 is 5.37. The van der Waals surface area contributed by atoms with Gasteiger partial charge in [0.05, 0.1) is 22.2 Å². The molecule has 0 bridgehead atoms. The summed E-state index contributed by atoms with van der Waals surface area (Å²) in [5.41, 5.74) is 4.89. The average molecular weight is 446 g/mol. The number of aromatic nitrogens is 1. The summed E-state index contributed by atoms with van der Waals surface area (Å²) >= 11 is 1.60. The summed E-state index contributed by atoms with van der Waals surface area (Å²) in [6.45, 7) is 6.53. The van der Waals surface area contributed by atoms with Crippen molar-refractivity contribution in [3.05, 3.63) is 41.0 Å². The summed E-state index contributed by atoms with van der Waals surface area (Å²) in [7, 11) is 1.50. The number of ether oxygens (including phenoxy) is 1. The minimum absolute atomic E-state index is 0.151. The number of hydrogen-bond donors (Lipinski definition) is 2. The SMILES string of the molecule is COC(CC(C)C)C(=O)N1C[C@H](O)C[C@H]1C(=O)NCc1ccc(-c2scnc2C)cc1. The molecule has 2 heterocycles. The quantitative estimate of drug-likeness (QED) is 0.652. The monoisotopic (exact) mass is 445 g/mol. The van der Waals surface area contributed by atoms with E-state index in [0.29, 0.717) is 13.0 Å². The van der Waals surface area contributed by atoms with Gasteiger partial charge in [0.15, 0.2) is 0 Å². The normalized spacial score (nSPS) is 19.6. The van der Waals surface area contributed by atoms with Crippen LogP contribution in [0.3, 0.4) is 0 Å². The van der Waals surface area contributed by atoms with Gasteiger partial charge in [-0.05, 0) is 30.4 Å². The number of nitrogens with one attached hydrogen (secondary N) is 1. The Morgan fingerprint density at radius 2 is 2.03 bits per heavy atom. The number of thiazole rings is 1. The molecule has 2 aromatic rings. The van der Waals surface area contributed by atoms with Gasteiger partial charge in [-0.1, -0.05) is 38.1 Å². The number of amides is 2. The fraction of sp³-hybridized carbons (Fsp3) is 0.522. The minimum atomic E-state index is -0.710. The van der Waals surface area contributed by atoms with Gasteiger partial charge in [0.2, 0.25) is 5.91 Å². The number of likely N-dealkylation sites (tertiary alicyclic amines) is 1. The highest BCUT2D eigenvalue weighted by atomic mass is 32.1. The predicted octanol–water partition coefficient (Wildman–Crippen LogP) is 2.76. The van der Waals surface area contributed by atoms with Crippen LogP contribution in [0.4, 0.5) is 0 Å². The fourth-order valence-electron chi connectivity index (χ4n) is 3.88. The maximum atomic E-state index is 12.9. The Bertz CT molecular complexity index is 896. The molecule has 8 heteroatoms. The van der Waals surface area contributed by atoms with Crippen molar-refractivity contribution in [2.75, 3.05) is 13.7 Å². The molecule has 0 spiro atoms. The first-order chi connectivity index (χ1) is 14.8. The number of carbonyl (C=O) groups excluding carboxylic acids is 2. The molecule has 1 unspecified atom stereocenters. The van der Waals surface area contributed by atoms with Crippen LogP contribution in [0.1, 0.15) is 37.9 Å². The topological polar surface area (TPSA) is 91.8 Å². The highest BCUT2D eigenvalue weighted by molar-refractivity contribution is 7.13. The van der Waals surface area contributed by atoms with Crippen LogP contribution in [0.25, 0.3) is 10.4 Å². The van der Waals surface area contributed by atoms with Gasteiger partial charge in [-0.2, -0.15) is 0 Å². The van der Waals surface area contributed by atoms with Gasteiger partial charge >= 0.3 is 0 Å². The molecule has 2 N–H and O–H groups in total. The third kappa shape index (κ3) is 5.70. The predicted molar refractivity (Wildman–Crippen MR) is 121 cm³/mol.